The second kappa shape index (κ2) is 11.6. The number of fused-ring (bicyclic) bond motifs is 1. The van der Waals surface area contributed by atoms with Gasteiger partial charge in [0.25, 0.3) is 0 Å². The van der Waals surface area contributed by atoms with Gasteiger partial charge in [0.1, 0.15) is 18.2 Å². The van der Waals surface area contributed by atoms with Crippen LogP contribution in [0.25, 0.3) is 11.0 Å². The summed E-state index contributed by atoms with van der Waals surface area (Å²) in [5, 5.41) is 18.4. The van der Waals surface area contributed by atoms with Crippen molar-refractivity contribution < 1.29 is 28.5 Å². The standard InChI is InChI=1S/C31H29FN4O5/c32-25-12-19(15-33)4-5-21(25)17-41-30-3-1-2-26(35-30)22-6-8-23(40-18-22)14-29-34-27-9-7-20(31(37)38)13-28(27)36(29)16-24-10-11-39-24/h1-5,7,9,12-13,22-24H,6,8,10-11,14,16-18H2,(H,37,38)/t22-,23-,24-/m0/s1. The van der Waals surface area contributed by atoms with Gasteiger partial charge >= 0.3 is 5.97 Å². The van der Waals surface area contributed by atoms with E-state index in [9.17, 15) is 14.3 Å². The molecule has 1 N–H and O–H groups in total. The third kappa shape index (κ3) is 5.92. The maximum Gasteiger partial charge on any atom is 0.335 e. The number of benzene rings is 2. The molecule has 0 unspecified atom stereocenters. The van der Waals surface area contributed by atoms with E-state index in [4.69, 9.17) is 24.5 Å². The summed E-state index contributed by atoms with van der Waals surface area (Å²) >= 11 is 0. The molecule has 3 atom stereocenters. The van der Waals surface area contributed by atoms with Gasteiger partial charge in [-0.2, -0.15) is 5.26 Å². The van der Waals surface area contributed by atoms with E-state index in [1.54, 1.807) is 36.4 Å². The smallest absolute Gasteiger partial charge is 0.335 e. The van der Waals surface area contributed by atoms with Crippen molar-refractivity contribution in [1.82, 2.24) is 14.5 Å². The average molecular weight is 557 g/mol. The Kier molecular flexibility index (Phi) is 7.63. The monoisotopic (exact) mass is 556 g/mol. The van der Waals surface area contributed by atoms with E-state index in [-0.39, 0.29) is 35.9 Å². The van der Waals surface area contributed by atoms with Gasteiger partial charge in [-0.3, -0.25) is 0 Å². The minimum Gasteiger partial charge on any atom is -0.478 e. The number of aromatic nitrogens is 3. The zero-order valence-electron chi connectivity index (χ0n) is 22.3. The van der Waals surface area contributed by atoms with Crippen molar-refractivity contribution in [3.05, 3.63) is 88.6 Å². The molecule has 2 aromatic carbocycles. The summed E-state index contributed by atoms with van der Waals surface area (Å²) in [4.78, 5) is 21.0. The number of carboxylic acids is 1. The number of nitriles is 1. The van der Waals surface area contributed by atoms with Crippen molar-refractivity contribution in [2.24, 2.45) is 0 Å². The molecule has 10 heteroatoms. The quantitative estimate of drug-likeness (QED) is 0.305. The number of carboxylic acid groups (broad SMARTS) is 1. The lowest BCUT2D eigenvalue weighted by Crippen LogP contribution is -2.33. The van der Waals surface area contributed by atoms with Crippen molar-refractivity contribution in [2.45, 2.75) is 57.0 Å². The fourth-order valence-electron chi connectivity index (χ4n) is 5.33. The number of carbonyl (C=O) groups is 1. The van der Waals surface area contributed by atoms with Crippen LogP contribution in [0.3, 0.4) is 0 Å². The molecule has 0 aliphatic carbocycles. The molecular formula is C31H29FN4O5. The average Bonchev–Trinajstić information content (AvgIpc) is 3.30. The van der Waals surface area contributed by atoms with E-state index in [2.05, 4.69) is 9.55 Å². The predicted molar refractivity (Wildman–Crippen MR) is 146 cm³/mol. The van der Waals surface area contributed by atoms with Crippen LogP contribution in [0.15, 0.2) is 54.6 Å². The molecular weight excluding hydrogens is 527 g/mol. The number of aromatic carboxylic acids is 1. The first-order chi connectivity index (χ1) is 20.0. The Morgan fingerprint density at radius 2 is 1.98 bits per heavy atom. The number of ether oxygens (including phenoxy) is 3. The van der Waals surface area contributed by atoms with E-state index < -0.39 is 11.8 Å². The molecule has 4 aromatic rings. The molecule has 0 bridgehead atoms. The first-order valence-corrected chi connectivity index (χ1v) is 13.7. The van der Waals surface area contributed by atoms with Crippen molar-refractivity contribution >= 4 is 17.0 Å². The molecule has 2 aliphatic heterocycles. The Labute approximate surface area is 236 Å². The molecule has 2 aromatic heterocycles. The lowest BCUT2D eigenvalue weighted by Gasteiger charge is -2.30. The highest BCUT2D eigenvalue weighted by atomic mass is 19.1. The van der Waals surface area contributed by atoms with E-state index in [0.29, 0.717) is 31.0 Å². The number of hydrogen-bond donors (Lipinski definition) is 1. The van der Waals surface area contributed by atoms with Crippen LogP contribution in [0.2, 0.25) is 0 Å². The summed E-state index contributed by atoms with van der Waals surface area (Å²) in [6.45, 7) is 1.89. The number of hydrogen-bond acceptors (Lipinski definition) is 7. The first-order valence-electron chi connectivity index (χ1n) is 13.7. The van der Waals surface area contributed by atoms with Crippen molar-refractivity contribution in [3.63, 3.8) is 0 Å². The maximum atomic E-state index is 14.2. The highest BCUT2D eigenvalue weighted by molar-refractivity contribution is 5.92. The zero-order valence-corrected chi connectivity index (χ0v) is 22.3. The van der Waals surface area contributed by atoms with Crippen LogP contribution in [0.1, 0.15) is 58.2 Å². The van der Waals surface area contributed by atoms with Gasteiger partial charge in [-0.1, -0.05) is 12.1 Å². The Bertz CT molecular complexity index is 1620. The minimum absolute atomic E-state index is 0.0120. The van der Waals surface area contributed by atoms with Gasteiger partial charge in [-0.25, -0.2) is 19.2 Å². The van der Waals surface area contributed by atoms with Gasteiger partial charge < -0.3 is 23.9 Å². The fraction of sp³-hybridized carbons (Fsp3) is 0.355. The largest absolute Gasteiger partial charge is 0.478 e. The highest BCUT2D eigenvalue weighted by Crippen LogP contribution is 2.31. The minimum atomic E-state index is -0.966. The van der Waals surface area contributed by atoms with Crippen LogP contribution in [0.4, 0.5) is 4.39 Å². The van der Waals surface area contributed by atoms with Crippen LogP contribution in [-0.2, 0) is 29.0 Å². The molecule has 9 nitrogen and oxygen atoms in total. The summed E-state index contributed by atoms with van der Waals surface area (Å²) in [6.07, 6.45) is 3.35. The number of pyridine rings is 1. The van der Waals surface area contributed by atoms with Gasteiger partial charge in [0.05, 0.1) is 53.6 Å². The van der Waals surface area contributed by atoms with Gasteiger partial charge in [0.2, 0.25) is 5.88 Å². The predicted octanol–water partition coefficient (Wildman–Crippen LogP) is 5.01. The summed E-state index contributed by atoms with van der Waals surface area (Å²) in [5.74, 6) is -0.0805. The maximum absolute atomic E-state index is 14.2. The Morgan fingerprint density at radius 1 is 1.10 bits per heavy atom. The SMILES string of the molecule is N#Cc1ccc(COc2cccc([C@H]3CC[C@@H](Cc4nc5ccc(C(=O)O)cc5n4C[C@@H]4CCO4)OC3)n2)c(F)c1. The van der Waals surface area contributed by atoms with Crippen LogP contribution in [-0.4, -0.2) is 51.0 Å². The molecule has 0 saturated carbocycles. The molecule has 2 aliphatic rings. The Morgan fingerprint density at radius 3 is 2.68 bits per heavy atom. The Balaban J connectivity index is 1.10. The molecule has 210 valence electrons. The van der Waals surface area contributed by atoms with Gasteiger partial charge in [0, 0.05) is 36.3 Å². The third-order valence-electron chi connectivity index (χ3n) is 7.76. The molecule has 2 saturated heterocycles. The van der Waals surface area contributed by atoms with Crippen LogP contribution < -0.4 is 4.74 Å². The molecule has 41 heavy (non-hydrogen) atoms. The van der Waals surface area contributed by atoms with Crippen LogP contribution >= 0.6 is 0 Å². The molecule has 0 spiro atoms. The third-order valence-corrected chi connectivity index (χ3v) is 7.76. The van der Waals surface area contributed by atoms with E-state index in [1.807, 2.05) is 18.2 Å². The van der Waals surface area contributed by atoms with E-state index >= 15 is 0 Å². The Hall–Kier alpha value is -4.33. The summed E-state index contributed by atoms with van der Waals surface area (Å²) in [5.41, 5.74) is 3.27. The molecule has 0 radical (unpaired) electrons. The molecule has 0 amide bonds. The fourth-order valence-corrected chi connectivity index (χ4v) is 5.33. The van der Waals surface area contributed by atoms with E-state index in [0.717, 1.165) is 48.4 Å². The molecule has 4 heterocycles. The number of halogens is 1. The number of nitrogens with zero attached hydrogens (tertiary/aromatic N) is 4. The normalized spacial score (nSPS) is 20.3. The van der Waals surface area contributed by atoms with Crippen molar-refractivity contribution in [1.29, 1.82) is 5.26 Å². The van der Waals surface area contributed by atoms with Gasteiger partial charge in [0.15, 0.2) is 0 Å². The van der Waals surface area contributed by atoms with E-state index in [1.165, 1.54) is 6.07 Å². The van der Waals surface area contributed by atoms with Crippen molar-refractivity contribution in [3.8, 4) is 11.9 Å². The van der Waals surface area contributed by atoms with Crippen LogP contribution in [0.5, 0.6) is 5.88 Å². The first kappa shape index (κ1) is 26.9. The molecule has 2 fully saturated rings. The number of imidazole rings is 1. The van der Waals surface area contributed by atoms with Crippen molar-refractivity contribution in [2.75, 3.05) is 13.2 Å². The van der Waals surface area contributed by atoms with Gasteiger partial charge in [-0.05, 0) is 55.7 Å². The summed E-state index contributed by atoms with van der Waals surface area (Å²) in [7, 11) is 0. The highest BCUT2D eigenvalue weighted by Gasteiger charge is 2.28. The second-order valence-corrected chi connectivity index (χ2v) is 10.5. The molecule has 6 rings (SSSR count). The lowest BCUT2D eigenvalue weighted by atomic mass is 9.93. The lowest BCUT2D eigenvalue weighted by molar-refractivity contribution is -0.0594. The van der Waals surface area contributed by atoms with Gasteiger partial charge in [-0.15, -0.1) is 0 Å². The zero-order chi connectivity index (χ0) is 28.3. The summed E-state index contributed by atoms with van der Waals surface area (Å²) in [6, 6.07) is 16.8. The second-order valence-electron chi connectivity index (χ2n) is 10.5. The van der Waals surface area contributed by atoms with Crippen LogP contribution in [0, 0.1) is 17.1 Å². The number of rotatable bonds is 9. The summed E-state index contributed by atoms with van der Waals surface area (Å²) < 4.78 is 34.0. The topological polar surface area (TPSA) is 119 Å².